The zero-order chi connectivity index (χ0) is 17.9. The normalized spacial score (nSPS) is 15.1. The highest BCUT2D eigenvalue weighted by Gasteiger charge is 2.19. The third-order valence-corrected chi connectivity index (χ3v) is 7.26. The van der Waals surface area contributed by atoms with Gasteiger partial charge in [0, 0.05) is 25.1 Å². The maximum atomic E-state index is 12.8. The average Bonchev–Trinajstić information content (AvgIpc) is 3.32. The fraction of sp³-hybridized carbons (Fsp3) is 0.263. The summed E-state index contributed by atoms with van der Waals surface area (Å²) in [7, 11) is 1.84. The van der Waals surface area contributed by atoms with Crippen LogP contribution in [0, 0.1) is 0 Å². The van der Waals surface area contributed by atoms with Gasteiger partial charge in [-0.15, -0.1) is 23.5 Å². The fourth-order valence-electron chi connectivity index (χ4n) is 3.01. The van der Waals surface area contributed by atoms with Crippen LogP contribution in [0.4, 0.5) is 5.69 Å². The van der Waals surface area contributed by atoms with Crippen LogP contribution in [0.5, 0.6) is 0 Å². The fourth-order valence-corrected chi connectivity index (χ4v) is 5.89. The van der Waals surface area contributed by atoms with E-state index in [9.17, 15) is 4.79 Å². The lowest BCUT2D eigenvalue weighted by atomic mass is 10.2. The molecule has 1 saturated heterocycles. The van der Waals surface area contributed by atoms with Crippen LogP contribution in [-0.4, -0.2) is 31.8 Å². The molecule has 0 radical (unpaired) electrons. The Kier molecular flexibility index (Phi) is 5.08. The number of aryl methyl sites for hydroxylation is 1. The Balaban J connectivity index is 1.56. The monoisotopic (exact) mass is 384 g/mol. The van der Waals surface area contributed by atoms with Gasteiger partial charge in [0.25, 0.3) is 5.91 Å². The van der Waals surface area contributed by atoms with Crippen molar-refractivity contribution >= 4 is 35.1 Å². The van der Waals surface area contributed by atoms with Gasteiger partial charge in [-0.2, -0.15) is 5.10 Å². The molecule has 0 atom stereocenters. The van der Waals surface area contributed by atoms with Gasteiger partial charge in [0.05, 0.1) is 10.8 Å². The number of thioether (sulfide) groups is 2. The summed E-state index contributed by atoms with van der Waals surface area (Å²) < 4.78 is 4.06. The largest absolute Gasteiger partial charge is 0.322 e. The van der Waals surface area contributed by atoms with Gasteiger partial charge in [0.15, 0.2) is 0 Å². The van der Waals surface area contributed by atoms with Crippen LogP contribution < -0.4 is 5.32 Å². The number of aromatic nitrogens is 3. The average molecular weight is 385 g/mol. The van der Waals surface area contributed by atoms with Crippen molar-refractivity contribution in [2.75, 3.05) is 16.8 Å². The second-order valence-corrected chi connectivity index (χ2v) is 8.83. The van der Waals surface area contributed by atoms with Crippen molar-refractivity contribution in [2.24, 2.45) is 7.05 Å². The first-order valence-electron chi connectivity index (χ1n) is 8.52. The molecule has 0 bridgehead atoms. The minimum Gasteiger partial charge on any atom is -0.322 e. The predicted octanol–water partition coefficient (Wildman–Crippen LogP) is 4.33. The standard InChI is InChI=1S/C19H20N4OS2/c1-22-18(23-8-2-3-9-23)16(13-20-22)17(24)21-15-7-4-6-14(12-15)19-25-10-5-11-26-19/h2-4,6-9,12-13,19H,5,10-11H2,1H3,(H,21,24). The van der Waals surface area contributed by atoms with E-state index in [1.54, 1.807) is 10.9 Å². The first kappa shape index (κ1) is 17.3. The van der Waals surface area contributed by atoms with Crippen molar-refractivity contribution in [3.63, 3.8) is 0 Å². The zero-order valence-corrected chi connectivity index (χ0v) is 16.1. The van der Waals surface area contributed by atoms with Gasteiger partial charge >= 0.3 is 0 Å². The van der Waals surface area contributed by atoms with Crippen LogP contribution in [0.1, 0.15) is 26.9 Å². The third kappa shape index (κ3) is 3.54. The molecule has 1 N–H and O–H groups in total. The molecule has 1 fully saturated rings. The second-order valence-electron chi connectivity index (χ2n) is 6.10. The first-order chi connectivity index (χ1) is 12.7. The molecule has 1 amide bonds. The smallest absolute Gasteiger partial charge is 0.261 e. The van der Waals surface area contributed by atoms with Crippen molar-refractivity contribution < 1.29 is 4.79 Å². The number of nitrogens with zero attached hydrogens (tertiary/aromatic N) is 3. The van der Waals surface area contributed by atoms with E-state index in [1.807, 2.05) is 71.8 Å². The van der Waals surface area contributed by atoms with Gasteiger partial charge in [-0.3, -0.25) is 9.48 Å². The summed E-state index contributed by atoms with van der Waals surface area (Å²) in [5.41, 5.74) is 2.63. The number of carbonyl (C=O) groups excluding carboxylic acids is 1. The molecule has 4 rings (SSSR count). The lowest BCUT2D eigenvalue weighted by molar-refractivity contribution is 0.102. The molecular weight excluding hydrogens is 364 g/mol. The lowest BCUT2D eigenvalue weighted by Gasteiger charge is -2.21. The molecule has 26 heavy (non-hydrogen) atoms. The van der Waals surface area contributed by atoms with Crippen LogP contribution in [0.25, 0.3) is 5.82 Å². The Morgan fingerprint density at radius 2 is 1.96 bits per heavy atom. The van der Waals surface area contributed by atoms with Crippen LogP contribution >= 0.6 is 23.5 Å². The molecule has 7 heteroatoms. The van der Waals surface area contributed by atoms with Crippen molar-refractivity contribution in [1.29, 1.82) is 0 Å². The minimum atomic E-state index is -0.150. The summed E-state index contributed by atoms with van der Waals surface area (Å²) >= 11 is 3.96. The molecule has 1 aliphatic rings. The Labute approximate surface area is 161 Å². The summed E-state index contributed by atoms with van der Waals surface area (Å²) in [4.78, 5) is 12.8. The Morgan fingerprint density at radius 3 is 2.73 bits per heavy atom. The van der Waals surface area contributed by atoms with E-state index >= 15 is 0 Å². The second kappa shape index (κ2) is 7.63. The van der Waals surface area contributed by atoms with Gasteiger partial charge in [-0.05, 0) is 47.8 Å². The van der Waals surface area contributed by atoms with Crippen molar-refractivity contribution in [2.45, 2.75) is 11.0 Å². The number of nitrogens with one attached hydrogen (secondary N) is 1. The Morgan fingerprint density at radius 1 is 1.19 bits per heavy atom. The molecule has 3 aromatic rings. The van der Waals surface area contributed by atoms with Gasteiger partial charge < -0.3 is 9.88 Å². The van der Waals surface area contributed by atoms with E-state index in [0.29, 0.717) is 10.1 Å². The molecule has 0 saturated carbocycles. The van der Waals surface area contributed by atoms with Crippen LogP contribution in [-0.2, 0) is 7.05 Å². The van der Waals surface area contributed by atoms with Gasteiger partial charge in [0.2, 0.25) is 0 Å². The SMILES string of the molecule is Cn1ncc(C(=O)Nc2cccc(C3SCCCS3)c2)c1-n1cccc1. The highest BCUT2D eigenvalue weighted by Crippen LogP contribution is 2.44. The Bertz CT molecular complexity index is 898. The molecule has 0 aliphatic carbocycles. The van der Waals surface area contributed by atoms with Crippen molar-refractivity contribution in [1.82, 2.24) is 14.3 Å². The van der Waals surface area contributed by atoms with E-state index < -0.39 is 0 Å². The van der Waals surface area contributed by atoms with Crippen molar-refractivity contribution in [3.05, 3.63) is 66.1 Å². The van der Waals surface area contributed by atoms with E-state index in [4.69, 9.17) is 0 Å². The maximum Gasteiger partial charge on any atom is 0.261 e. The molecule has 2 aromatic heterocycles. The van der Waals surface area contributed by atoms with E-state index in [2.05, 4.69) is 22.5 Å². The van der Waals surface area contributed by atoms with Crippen LogP contribution in [0.2, 0.25) is 0 Å². The van der Waals surface area contributed by atoms with E-state index in [0.717, 1.165) is 11.5 Å². The predicted molar refractivity (Wildman–Crippen MR) is 109 cm³/mol. The maximum absolute atomic E-state index is 12.8. The van der Waals surface area contributed by atoms with Gasteiger partial charge in [0.1, 0.15) is 11.4 Å². The topological polar surface area (TPSA) is 51.9 Å². The number of benzene rings is 1. The summed E-state index contributed by atoms with van der Waals surface area (Å²) in [5, 5.41) is 7.28. The first-order valence-corrected chi connectivity index (χ1v) is 10.6. The highest BCUT2D eigenvalue weighted by atomic mass is 32.2. The lowest BCUT2D eigenvalue weighted by Crippen LogP contribution is -2.15. The number of rotatable bonds is 4. The summed E-state index contributed by atoms with van der Waals surface area (Å²) in [6, 6.07) is 12.0. The molecule has 0 unspecified atom stereocenters. The van der Waals surface area contributed by atoms with Crippen LogP contribution in [0.15, 0.2) is 55.0 Å². The summed E-state index contributed by atoms with van der Waals surface area (Å²) in [6.45, 7) is 0. The number of hydrogen-bond donors (Lipinski definition) is 1. The quantitative estimate of drug-likeness (QED) is 0.727. The third-order valence-electron chi connectivity index (χ3n) is 4.24. The molecule has 5 nitrogen and oxygen atoms in total. The number of hydrogen-bond acceptors (Lipinski definition) is 4. The molecule has 3 heterocycles. The molecule has 134 valence electrons. The summed E-state index contributed by atoms with van der Waals surface area (Å²) in [5.74, 6) is 3.00. The zero-order valence-electron chi connectivity index (χ0n) is 14.5. The molecule has 1 aliphatic heterocycles. The van der Waals surface area contributed by atoms with Crippen LogP contribution in [0.3, 0.4) is 0 Å². The van der Waals surface area contributed by atoms with Crippen molar-refractivity contribution in [3.8, 4) is 5.82 Å². The summed E-state index contributed by atoms with van der Waals surface area (Å²) in [6.07, 6.45) is 6.70. The van der Waals surface area contributed by atoms with Gasteiger partial charge in [-0.25, -0.2) is 0 Å². The minimum absolute atomic E-state index is 0.150. The van der Waals surface area contributed by atoms with E-state index in [-0.39, 0.29) is 5.91 Å². The molecular formula is C19H20N4OS2. The molecule has 1 aromatic carbocycles. The number of carbonyl (C=O) groups is 1. The highest BCUT2D eigenvalue weighted by molar-refractivity contribution is 8.16. The van der Waals surface area contributed by atoms with E-state index in [1.165, 1.54) is 23.5 Å². The number of anilines is 1. The number of amides is 1. The van der Waals surface area contributed by atoms with Gasteiger partial charge in [-0.1, -0.05) is 12.1 Å². The molecule has 0 spiro atoms. The Hall–Kier alpha value is -2.12.